The van der Waals surface area contributed by atoms with Crippen molar-refractivity contribution in [3.63, 3.8) is 0 Å². The highest BCUT2D eigenvalue weighted by molar-refractivity contribution is 7.89. The van der Waals surface area contributed by atoms with Crippen molar-refractivity contribution in [1.82, 2.24) is 5.16 Å². The minimum absolute atomic E-state index is 0.0324. The molecule has 0 radical (unpaired) electrons. The van der Waals surface area contributed by atoms with Crippen LogP contribution in [0.2, 0.25) is 0 Å². The fourth-order valence-electron chi connectivity index (χ4n) is 2.91. The lowest BCUT2D eigenvalue weighted by Gasteiger charge is -2.17. The summed E-state index contributed by atoms with van der Waals surface area (Å²) >= 11 is 0. The summed E-state index contributed by atoms with van der Waals surface area (Å²) in [6.07, 6.45) is 1.40. The van der Waals surface area contributed by atoms with Gasteiger partial charge in [-0.1, -0.05) is 41.6 Å². The molecule has 0 saturated carbocycles. The Morgan fingerprint density at radius 3 is 2.52 bits per heavy atom. The Balaban J connectivity index is 2.39. The first kappa shape index (κ1) is 17.3. The van der Waals surface area contributed by atoms with Crippen LogP contribution in [0.3, 0.4) is 0 Å². The SMILES string of the molecule is COCc1ccccc1-c1ccc(C)c(-c2ccon2)c1S(N)(=O)=O. The fourth-order valence-corrected chi connectivity index (χ4v) is 3.95. The van der Waals surface area contributed by atoms with Gasteiger partial charge in [0.2, 0.25) is 10.0 Å². The Kier molecular flexibility index (Phi) is 4.71. The number of aromatic nitrogens is 1. The van der Waals surface area contributed by atoms with E-state index in [9.17, 15) is 8.42 Å². The maximum Gasteiger partial charge on any atom is 0.239 e. The molecule has 3 rings (SSSR count). The normalized spacial score (nSPS) is 11.6. The molecule has 0 aliphatic rings. The summed E-state index contributed by atoms with van der Waals surface area (Å²) in [5.74, 6) is 0. The van der Waals surface area contributed by atoms with E-state index in [2.05, 4.69) is 5.16 Å². The van der Waals surface area contributed by atoms with Crippen LogP contribution in [-0.2, 0) is 21.4 Å². The van der Waals surface area contributed by atoms with Crippen molar-refractivity contribution in [2.24, 2.45) is 5.14 Å². The van der Waals surface area contributed by atoms with Gasteiger partial charge in [0.25, 0.3) is 0 Å². The minimum Gasteiger partial charge on any atom is -0.380 e. The van der Waals surface area contributed by atoms with Crippen molar-refractivity contribution in [1.29, 1.82) is 0 Å². The second-order valence-electron chi connectivity index (χ2n) is 5.65. The lowest BCUT2D eigenvalue weighted by atomic mass is 9.95. The molecule has 1 aromatic heterocycles. The average molecular weight is 358 g/mol. The van der Waals surface area contributed by atoms with Gasteiger partial charge in [0, 0.05) is 24.3 Å². The topological polar surface area (TPSA) is 95.4 Å². The van der Waals surface area contributed by atoms with E-state index in [1.54, 1.807) is 19.2 Å². The van der Waals surface area contributed by atoms with Crippen molar-refractivity contribution >= 4 is 10.0 Å². The van der Waals surface area contributed by atoms with Gasteiger partial charge >= 0.3 is 0 Å². The number of rotatable bonds is 5. The predicted octanol–water partition coefficient (Wildman–Crippen LogP) is 3.11. The third kappa shape index (κ3) is 3.34. The average Bonchev–Trinajstić information content (AvgIpc) is 3.09. The van der Waals surface area contributed by atoms with E-state index in [1.165, 1.54) is 6.26 Å². The highest BCUT2D eigenvalue weighted by atomic mass is 32.2. The smallest absolute Gasteiger partial charge is 0.239 e. The van der Waals surface area contributed by atoms with Gasteiger partial charge in [-0.05, 0) is 23.6 Å². The Morgan fingerprint density at radius 2 is 1.88 bits per heavy atom. The molecule has 0 atom stereocenters. The van der Waals surface area contributed by atoms with Gasteiger partial charge in [-0.2, -0.15) is 0 Å². The summed E-state index contributed by atoms with van der Waals surface area (Å²) in [4.78, 5) is 0.0324. The molecule has 0 fully saturated rings. The zero-order valence-electron chi connectivity index (χ0n) is 13.9. The molecular formula is C18H18N2O4S. The molecule has 0 bridgehead atoms. The van der Waals surface area contributed by atoms with Crippen LogP contribution in [0.25, 0.3) is 22.4 Å². The molecule has 2 aromatic carbocycles. The number of primary sulfonamides is 1. The van der Waals surface area contributed by atoms with Crippen LogP contribution in [0.4, 0.5) is 0 Å². The number of nitrogens with zero attached hydrogens (tertiary/aromatic N) is 1. The molecule has 2 N–H and O–H groups in total. The van der Waals surface area contributed by atoms with E-state index in [1.807, 2.05) is 37.3 Å². The van der Waals surface area contributed by atoms with Crippen molar-refractivity contribution in [2.45, 2.75) is 18.4 Å². The van der Waals surface area contributed by atoms with E-state index in [0.29, 0.717) is 23.4 Å². The van der Waals surface area contributed by atoms with Gasteiger partial charge in [0.1, 0.15) is 12.0 Å². The maximum atomic E-state index is 12.5. The molecule has 0 unspecified atom stereocenters. The molecule has 0 saturated heterocycles. The molecule has 0 aliphatic carbocycles. The molecule has 130 valence electrons. The first-order valence-electron chi connectivity index (χ1n) is 7.58. The summed E-state index contributed by atoms with van der Waals surface area (Å²) in [5, 5.41) is 9.47. The fraction of sp³-hybridized carbons (Fsp3) is 0.167. The first-order chi connectivity index (χ1) is 11.9. The zero-order valence-corrected chi connectivity index (χ0v) is 14.7. The van der Waals surface area contributed by atoms with E-state index < -0.39 is 10.0 Å². The minimum atomic E-state index is -4.01. The van der Waals surface area contributed by atoms with Crippen LogP contribution < -0.4 is 5.14 Å². The molecule has 1 heterocycles. The predicted molar refractivity (Wildman–Crippen MR) is 94.2 cm³/mol. The van der Waals surface area contributed by atoms with Crippen molar-refractivity contribution in [3.8, 4) is 22.4 Å². The summed E-state index contributed by atoms with van der Waals surface area (Å²) in [6.45, 7) is 2.16. The standard InChI is InChI=1S/C18H18N2O4S/c1-12-7-8-15(14-6-4-3-5-13(14)11-23-2)18(25(19,21)22)17(12)16-9-10-24-20-16/h3-10H,11H2,1-2H3,(H2,19,21,22). The second-order valence-corrected chi connectivity index (χ2v) is 7.15. The van der Waals surface area contributed by atoms with E-state index in [-0.39, 0.29) is 4.90 Å². The number of nitrogens with two attached hydrogens (primary N) is 1. The third-order valence-electron chi connectivity index (χ3n) is 3.95. The molecule has 0 amide bonds. The number of methoxy groups -OCH3 is 1. The molecular weight excluding hydrogens is 340 g/mol. The van der Waals surface area contributed by atoms with Gasteiger partial charge < -0.3 is 9.26 Å². The monoisotopic (exact) mass is 358 g/mol. The summed E-state index contributed by atoms with van der Waals surface area (Å²) in [6, 6.07) is 12.7. The number of hydrogen-bond acceptors (Lipinski definition) is 5. The van der Waals surface area contributed by atoms with Gasteiger partial charge in [-0.15, -0.1) is 0 Å². The first-order valence-corrected chi connectivity index (χ1v) is 9.12. The van der Waals surface area contributed by atoms with Gasteiger partial charge in [0.05, 0.1) is 11.5 Å². The molecule has 0 aliphatic heterocycles. The Bertz CT molecular complexity index is 996. The Hall–Kier alpha value is -2.48. The molecule has 7 heteroatoms. The quantitative estimate of drug-likeness (QED) is 0.756. The number of sulfonamides is 1. The summed E-state index contributed by atoms with van der Waals surface area (Å²) < 4.78 is 35.0. The van der Waals surface area contributed by atoms with E-state index >= 15 is 0 Å². The van der Waals surface area contributed by atoms with Gasteiger partial charge in [0.15, 0.2) is 0 Å². The summed E-state index contributed by atoms with van der Waals surface area (Å²) in [7, 11) is -2.42. The van der Waals surface area contributed by atoms with E-state index in [4.69, 9.17) is 14.4 Å². The largest absolute Gasteiger partial charge is 0.380 e. The Labute approximate surface area is 146 Å². The second kappa shape index (κ2) is 6.79. The van der Waals surface area contributed by atoms with Crippen molar-refractivity contribution in [3.05, 3.63) is 59.9 Å². The summed E-state index contributed by atoms with van der Waals surface area (Å²) in [5.41, 5.74) is 3.74. The highest BCUT2D eigenvalue weighted by Crippen LogP contribution is 2.38. The zero-order chi connectivity index (χ0) is 18.0. The number of aryl methyl sites for hydroxylation is 1. The third-order valence-corrected chi connectivity index (χ3v) is 4.94. The van der Waals surface area contributed by atoms with Crippen molar-refractivity contribution < 1.29 is 17.7 Å². The lowest BCUT2D eigenvalue weighted by Crippen LogP contribution is -2.16. The van der Waals surface area contributed by atoms with E-state index in [0.717, 1.165) is 16.7 Å². The molecule has 0 spiro atoms. The van der Waals surface area contributed by atoms with Crippen LogP contribution in [-0.4, -0.2) is 20.7 Å². The molecule has 6 nitrogen and oxygen atoms in total. The highest BCUT2D eigenvalue weighted by Gasteiger charge is 2.25. The number of ether oxygens (including phenoxy) is 1. The van der Waals surface area contributed by atoms with Crippen molar-refractivity contribution in [2.75, 3.05) is 7.11 Å². The van der Waals surface area contributed by atoms with Crippen LogP contribution in [0.5, 0.6) is 0 Å². The van der Waals surface area contributed by atoms with Gasteiger partial charge in [-0.25, -0.2) is 13.6 Å². The Morgan fingerprint density at radius 1 is 1.12 bits per heavy atom. The molecule has 25 heavy (non-hydrogen) atoms. The van der Waals surface area contributed by atoms with Crippen LogP contribution in [0.1, 0.15) is 11.1 Å². The number of hydrogen-bond donors (Lipinski definition) is 1. The van der Waals surface area contributed by atoms with Crippen LogP contribution in [0, 0.1) is 6.92 Å². The maximum absolute atomic E-state index is 12.5. The number of benzene rings is 2. The molecule has 3 aromatic rings. The van der Waals surface area contributed by atoms with Crippen LogP contribution >= 0.6 is 0 Å². The van der Waals surface area contributed by atoms with Crippen LogP contribution in [0.15, 0.2) is 58.1 Å². The van der Waals surface area contributed by atoms with Gasteiger partial charge in [-0.3, -0.25) is 0 Å². The lowest BCUT2D eigenvalue weighted by molar-refractivity contribution is 0.185.